The zero-order valence-electron chi connectivity index (χ0n) is 13.2. The molecule has 2 aromatic heterocycles. The minimum atomic E-state index is -0.201. The average Bonchev–Trinajstić information content (AvgIpc) is 3.00. The average molecular weight is 318 g/mol. The third kappa shape index (κ3) is 2.80. The monoisotopic (exact) mass is 318 g/mol. The van der Waals surface area contributed by atoms with Crippen molar-refractivity contribution in [3.63, 3.8) is 0 Å². The summed E-state index contributed by atoms with van der Waals surface area (Å²) in [5.74, 6) is -0.201. The van der Waals surface area contributed by atoms with Crippen LogP contribution in [0.2, 0.25) is 0 Å². The van der Waals surface area contributed by atoms with E-state index >= 15 is 0 Å². The van der Waals surface area contributed by atoms with E-state index < -0.39 is 0 Å². The molecular weight excluding hydrogens is 300 g/mol. The summed E-state index contributed by atoms with van der Waals surface area (Å²) < 4.78 is 0. The van der Waals surface area contributed by atoms with E-state index in [2.05, 4.69) is 20.5 Å². The molecule has 0 atom stereocenters. The predicted molar refractivity (Wildman–Crippen MR) is 94.2 cm³/mol. The molecule has 5 nitrogen and oxygen atoms in total. The highest BCUT2D eigenvalue weighted by molar-refractivity contribution is 5.99. The molecule has 0 radical (unpaired) electrons. The van der Waals surface area contributed by atoms with E-state index in [-0.39, 0.29) is 5.91 Å². The van der Waals surface area contributed by atoms with E-state index in [1.807, 2.05) is 30.3 Å². The highest BCUT2D eigenvalue weighted by Crippen LogP contribution is 2.29. The molecule has 0 spiro atoms. The first kappa shape index (κ1) is 14.6. The van der Waals surface area contributed by atoms with Crippen molar-refractivity contribution in [1.82, 2.24) is 15.4 Å². The van der Waals surface area contributed by atoms with Crippen LogP contribution in [0.25, 0.3) is 10.9 Å². The number of nitrogens with zero attached hydrogens (tertiary/aromatic N) is 2. The number of fused-ring (bicyclic) bond motifs is 3. The van der Waals surface area contributed by atoms with Crippen molar-refractivity contribution in [2.24, 2.45) is 5.10 Å². The SMILES string of the molecule is O=C(N/N=C/c1ccncc1)c1ccc2[nH]c3c(c2c1)CCCC3. The number of H-pyrrole nitrogens is 1. The van der Waals surface area contributed by atoms with Crippen LogP contribution in [0.3, 0.4) is 0 Å². The molecule has 4 rings (SSSR count). The summed E-state index contributed by atoms with van der Waals surface area (Å²) in [6.45, 7) is 0. The zero-order valence-corrected chi connectivity index (χ0v) is 13.2. The molecule has 2 N–H and O–H groups in total. The summed E-state index contributed by atoms with van der Waals surface area (Å²) in [5.41, 5.74) is 7.90. The van der Waals surface area contributed by atoms with Gasteiger partial charge in [0.15, 0.2) is 0 Å². The fraction of sp³-hybridized carbons (Fsp3) is 0.211. The van der Waals surface area contributed by atoms with E-state index in [1.54, 1.807) is 18.6 Å². The number of amides is 1. The second kappa shape index (κ2) is 6.28. The van der Waals surface area contributed by atoms with Gasteiger partial charge >= 0.3 is 0 Å². The highest BCUT2D eigenvalue weighted by Gasteiger charge is 2.16. The number of aromatic nitrogens is 2. The maximum absolute atomic E-state index is 12.3. The predicted octanol–water partition coefficient (Wildman–Crippen LogP) is 3.21. The third-order valence-electron chi connectivity index (χ3n) is 4.45. The minimum absolute atomic E-state index is 0.201. The largest absolute Gasteiger partial charge is 0.358 e. The lowest BCUT2D eigenvalue weighted by Crippen LogP contribution is -2.17. The summed E-state index contributed by atoms with van der Waals surface area (Å²) in [7, 11) is 0. The number of aryl methyl sites for hydroxylation is 2. The first-order valence-electron chi connectivity index (χ1n) is 8.18. The number of benzene rings is 1. The first-order valence-corrected chi connectivity index (χ1v) is 8.18. The van der Waals surface area contributed by atoms with Crippen LogP contribution in [0.4, 0.5) is 0 Å². The number of hydrogen-bond acceptors (Lipinski definition) is 3. The molecule has 120 valence electrons. The Morgan fingerprint density at radius 1 is 1.17 bits per heavy atom. The third-order valence-corrected chi connectivity index (χ3v) is 4.45. The molecule has 0 unspecified atom stereocenters. The Morgan fingerprint density at radius 2 is 2.00 bits per heavy atom. The fourth-order valence-electron chi connectivity index (χ4n) is 3.23. The Bertz CT molecular complexity index is 912. The Kier molecular flexibility index (Phi) is 3.83. The molecule has 0 saturated carbocycles. The van der Waals surface area contributed by atoms with Crippen molar-refractivity contribution >= 4 is 23.0 Å². The molecule has 0 fully saturated rings. The van der Waals surface area contributed by atoms with Crippen molar-refractivity contribution in [3.05, 3.63) is 65.1 Å². The van der Waals surface area contributed by atoms with Gasteiger partial charge in [0.25, 0.3) is 5.91 Å². The number of carbonyl (C=O) groups excluding carboxylic acids is 1. The normalized spacial score (nSPS) is 14.0. The molecule has 0 aliphatic heterocycles. The molecule has 1 aliphatic carbocycles. The highest BCUT2D eigenvalue weighted by atomic mass is 16.2. The van der Waals surface area contributed by atoms with E-state index in [0.717, 1.165) is 29.3 Å². The van der Waals surface area contributed by atoms with Crippen LogP contribution in [0.1, 0.15) is 40.0 Å². The van der Waals surface area contributed by atoms with Crippen LogP contribution in [0.15, 0.2) is 47.8 Å². The topological polar surface area (TPSA) is 70.1 Å². The quantitative estimate of drug-likeness (QED) is 0.575. The number of hydrogen-bond donors (Lipinski definition) is 2. The van der Waals surface area contributed by atoms with Gasteiger partial charge in [-0.05, 0) is 67.1 Å². The lowest BCUT2D eigenvalue weighted by molar-refractivity contribution is 0.0955. The Morgan fingerprint density at radius 3 is 2.88 bits per heavy atom. The van der Waals surface area contributed by atoms with Crippen molar-refractivity contribution in [2.75, 3.05) is 0 Å². The molecule has 1 amide bonds. The summed E-state index contributed by atoms with van der Waals surface area (Å²) in [6.07, 6.45) is 9.61. The second-order valence-electron chi connectivity index (χ2n) is 6.03. The molecular formula is C19H18N4O. The maximum Gasteiger partial charge on any atom is 0.271 e. The van der Waals surface area contributed by atoms with Gasteiger partial charge in [0.05, 0.1) is 6.21 Å². The van der Waals surface area contributed by atoms with E-state index in [0.29, 0.717) is 5.56 Å². The second-order valence-corrected chi connectivity index (χ2v) is 6.03. The summed E-state index contributed by atoms with van der Waals surface area (Å²) in [6, 6.07) is 9.44. The fourth-order valence-corrected chi connectivity index (χ4v) is 3.23. The zero-order chi connectivity index (χ0) is 16.4. The van der Waals surface area contributed by atoms with Crippen LogP contribution in [0.5, 0.6) is 0 Å². The smallest absolute Gasteiger partial charge is 0.271 e. The molecule has 3 aromatic rings. The lowest BCUT2D eigenvalue weighted by Gasteiger charge is -2.10. The van der Waals surface area contributed by atoms with Crippen molar-refractivity contribution in [1.29, 1.82) is 0 Å². The van der Waals surface area contributed by atoms with Crippen molar-refractivity contribution in [3.8, 4) is 0 Å². The molecule has 0 bridgehead atoms. The summed E-state index contributed by atoms with van der Waals surface area (Å²) >= 11 is 0. The molecule has 1 aromatic carbocycles. The van der Waals surface area contributed by atoms with Gasteiger partial charge in [0.2, 0.25) is 0 Å². The molecule has 5 heteroatoms. The van der Waals surface area contributed by atoms with Crippen LogP contribution in [0, 0.1) is 0 Å². The summed E-state index contributed by atoms with van der Waals surface area (Å²) in [5, 5.41) is 5.18. The Balaban J connectivity index is 1.55. The molecule has 1 aliphatic rings. The van der Waals surface area contributed by atoms with Crippen molar-refractivity contribution < 1.29 is 4.79 Å². The van der Waals surface area contributed by atoms with Gasteiger partial charge in [0, 0.05) is 34.6 Å². The van der Waals surface area contributed by atoms with Gasteiger partial charge in [0.1, 0.15) is 0 Å². The molecule has 2 heterocycles. The number of nitrogens with one attached hydrogen (secondary N) is 2. The number of hydrazone groups is 1. The van der Waals surface area contributed by atoms with Gasteiger partial charge in [-0.2, -0.15) is 5.10 Å². The molecule has 0 saturated heterocycles. The van der Waals surface area contributed by atoms with Gasteiger partial charge in [-0.15, -0.1) is 0 Å². The Hall–Kier alpha value is -2.95. The van der Waals surface area contributed by atoms with E-state index in [9.17, 15) is 4.79 Å². The number of aromatic amines is 1. The number of rotatable bonds is 3. The van der Waals surface area contributed by atoms with E-state index in [1.165, 1.54) is 24.1 Å². The van der Waals surface area contributed by atoms with Crippen LogP contribution < -0.4 is 5.43 Å². The lowest BCUT2D eigenvalue weighted by atomic mass is 9.95. The standard InChI is InChI=1S/C19H18N4O/c24-19(23-21-12-13-7-9-20-10-8-13)14-5-6-18-16(11-14)15-3-1-2-4-17(15)22-18/h5-12,22H,1-4H2,(H,23,24)/b21-12+. The minimum Gasteiger partial charge on any atom is -0.358 e. The van der Waals surface area contributed by atoms with Gasteiger partial charge in [-0.3, -0.25) is 9.78 Å². The Labute approximate surface area is 139 Å². The van der Waals surface area contributed by atoms with Gasteiger partial charge in [-0.1, -0.05) is 0 Å². The number of pyridine rings is 1. The van der Waals surface area contributed by atoms with Crippen LogP contribution in [-0.2, 0) is 12.8 Å². The van der Waals surface area contributed by atoms with Crippen LogP contribution in [-0.4, -0.2) is 22.1 Å². The molecule has 24 heavy (non-hydrogen) atoms. The maximum atomic E-state index is 12.3. The van der Waals surface area contributed by atoms with Crippen molar-refractivity contribution in [2.45, 2.75) is 25.7 Å². The summed E-state index contributed by atoms with van der Waals surface area (Å²) in [4.78, 5) is 19.7. The number of carbonyl (C=O) groups is 1. The first-order chi connectivity index (χ1) is 11.8. The van der Waals surface area contributed by atoms with E-state index in [4.69, 9.17) is 0 Å². The van der Waals surface area contributed by atoms with Gasteiger partial charge in [-0.25, -0.2) is 5.43 Å². The van der Waals surface area contributed by atoms with Crippen LogP contribution >= 0.6 is 0 Å². The van der Waals surface area contributed by atoms with Gasteiger partial charge < -0.3 is 4.98 Å².